The number of nitrogens with two attached hydrogens (primary N) is 1. The van der Waals surface area contributed by atoms with Crippen molar-refractivity contribution in [2.24, 2.45) is 18.8 Å². The van der Waals surface area contributed by atoms with Gasteiger partial charge in [0, 0.05) is 25.0 Å². The normalized spacial score (nSPS) is 14.8. The SMILES string of the molecule is Cn1nccc1CCC(NN)C(C(F)(F)F)C(F)(F)F. The lowest BCUT2D eigenvalue weighted by molar-refractivity contribution is -0.292. The summed E-state index contributed by atoms with van der Waals surface area (Å²) in [6.07, 6.45) is -9.84. The van der Waals surface area contributed by atoms with Crippen molar-refractivity contribution >= 4 is 0 Å². The molecule has 0 aliphatic rings. The zero-order chi connectivity index (χ0) is 15.6. The van der Waals surface area contributed by atoms with Crippen LogP contribution in [-0.2, 0) is 13.5 Å². The van der Waals surface area contributed by atoms with Crippen LogP contribution in [0.4, 0.5) is 26.3 Å². The number of halogens is 6. The van der Waals surface area contributed by atoms with Gasteiger partial charge in [-0.15, -0.1) is 0 Å². The van der Waals surface area contributed by atoms with Gasteiger partial charge in [0.2, 0.25) is 0 Å². The van der Waals surface area contributed by atoms with Crippen LogP contribution in [0.1, 0.15) is 12.1 Å². The van der Waals surface area contributed by atoms with Gasteiger partial charge in [-0.2, -0.15) is 31.4 Å². The topological polar surface area (TPSA) is 55.9 Å². The third-order valence-corrected chi connectivity index (χ3v) is 2.96. The van der Waals surface area contributed by atoms with E-state index in [0.29, 0.717) is 5.69 Å². The van der Waals surface area contributed by atoms with Gasteiger partial charge < -0.3 is 0 Å². The average Bonchev–Trinajstić information content (AvgIpc) is 2.66. The van der Waals surface area contributed by atoms with Gasteiger partial charge in [-0.3, -0.25) is 16.0 Å². The molecule has 4 nitrogen and oxygen atoms in total. The van der Waals surface area contributed by atoms with E-state index in [9.17, 15) is 26.3 Å². The Morgan fingerprint density at radius 3 is 2.15 bits per heavy atom. The van der Waals surface area contributed by atoms with Crippen LogP contribution in [0.2, 0.25) is 0 Å². The van der Waals surface area contributed by atoms with Crippen molar-refractivity contribution in [1.29, 1.82) is 0 Å². The van der Waals surface area contributed by atoms with Crippen LogP contribution < -0.4 is 11.3 Å². The Morgan fingerprint density at radius 1 is 1.25 bits per heavy atom. The van der Waals surface area contributed by atoms with E-state index in [1.165, 1.54) is 16.9 Å². The maximum Gasteiger partial charge on any atom is 0.402 e. The largest absolute Gasteiger partial charge is 0.402 e. The maximum atomic E-state index is 12.6. The van der Waals surface area contributed by atoms with Crippen LogP contribution in [-0.4, -0.2) is 28.2 Å². The van der Waals surface area contributed by atoms with E-state index in [1.54, 1.807) is 12.5 Å². The van der Waals surface area contributed by atoms with Crippen molar-refractivity contribution in [2.45, 2.75) is 31.2 Å². The van der Waals surface area contributed by atoms with Gasteiger partial charge in [-0.05, 0) is 18.9 Å². The van der Waals surface area contributed by atoms with Crippen LogP contribution in [0.5, 0.6) is 0 Å². The highest BCUT2D eigenvalue weighted by atomic mass is 19.4. The summed E-state index contributed by atoms with van der Waals surface area (Å²) in [5.74, 6) is 1.37. The molecular weight excluding hydrogens is 290 g/mol. The lowest BCUT2D eigenvalue weighted by atomic mass is 9.94. The molecule has 0 aliphatic heterocycles. The maximum absolute atomic E-state index is 12.6. The van der Waals surface area contributed by atoms with Gasteiger partial charge in [0.1, 0.15) is 0 Å². The lowest BCUT2D eigenvalue weighted by Gasteiger charge is -2.30. The zero-order valence-electron chi connectivity index (χ0n) is 10.5. The highest BCUT2D eigenvalue weighted by Gasteiger charge is 2.59. The molecule has 116 valence electrons. The molecule has 1 heterocycles. The number of hydrogen-bond acceptors (Lipinski definition) is 3. The Balaban J connectivity index is 2.84. The fourth-order valence-electron chi connectivity index (χ4n) is 1.94. The number of rotatable bonds is 5. The standard InChI is InChI=1S/C10H14F6N4/c1-20-6(4-5-18-20)2-3-7(19-17)8(9(11,12)13)10(14,15)16/h4-5,7-8,19H,2-3,17H2,1H3. The molecule has 0 spiro atoms. The molecule has 1 aromatic rings. The van der Waals surface area contributed by atoms with Crippen LogP contribution in [0.25, 0.3) is 0 Å². The summed E-state index contributed by atoms with van der Waals surface area (Å²) in [6.45, 7) is 0. The zero-order valence-corrected chi connectivity index (χ0v) is 10.5. The minimum atomic E-state index is -5.41. The van der Waals surface area contributed by atoms with Crippen molar-refractivity contribution in [3.8, 4) is 0 Å². The number of nitrogens with zero attached hydrogens (tertiary/aromatic N) is 2. The predicted molar refractivity (Wildman–Crippen MR) is 58.2 cm³/mol. The Bertz CT molecular complexity index is 410. The second-order valence-electron chi connectivity index (χ2n) is 4.32. The fourth-order valence-corrected chi connectivity index (χ4v) is 1.94. The second kappa shape index (κ2) is 6.00. The molecular formula is C10H14F6N4. The summed E-state index contributed by atoms with van der Waals surface area (Å²) in [5, 5.41) is 3.78. The van der Waals surface area contributed by atoms with Crippen LogP contribution in [0.15, 0.2) is 12.3 Å². The molecule has 0 amide bonds. The van der Waals surface area contributed by atoms with Gasteiger partial charge in [0.25, 0.3) is 0 Å². The molecule has 0 saturated heterocycles. The number of alkyl halides is 6. The minimum absolute atomic E-state index is 0.00593. The third-order valence-electron chi connectivity index (χ3n) is 2.96. The number of hydrazine groups is 1. The van der Waals surface area contributed by atoms with Crippen molar-refractivity contribution in [3.63, 3.8) is 0 Å². The van der Waals surface area contributed by atoms with Gasteiger partial charge in [-0.1, -0.05) is 0 Å². The highest BCUT2D eigenvalue weighted by molar-refractivity contribution is 5.01. The van der Waals surface area contributed by atoms with Crippen molar-refractivity contribution in [1.82, 2.24) is 15.2 Å². The van der Waals surface area contributed by atoms with E-state index in [2.05, 4.69) is 5.10 Å². The van der Waals surface area contributed by atoms with Crippen LogP contribution in [0.3, 0.4) is 0 Å². The van der Waals surface area contributed by atoms with E-state index in [-0.39, 0.29) is 6.42 Å². The summed E-state index contributed by atoms with van der Waals surface area (Å²) in [5.41, 5.74) is 2.15. The summed E-state index contributed by atoms with van der Waals surface area (Å²) >= 11 is 0. The second-order valence-corrected chi connectivity index (χ2v) is 4.32. The smallest absolute Gasteiger partial charge is 0.273 e. The number of nitrogens with one attached hydrogen (secondary N) is 1. The van der Waals surface area contributed by atoms with Crippen molar-refractivity contribution in [3.05, 3.63) is 18.0 Å². The first kappa shape index (κ1) is 16.8. The van der Waals surface area contributed by atoms with Crippen molar-refractivity contribution < 1.29 is 26.3 Å². The first-order valence-electron chi connectivity index (χ1n) is 5.63. The summed E-state index contributed by atoms with van der Waals surface area (Å²) < 4.78 is 76.8. The van der Waals surface area contributed by atoms with Gasteiger partial charge >= 0.3 is 12.4 Å². The Hall–Kier alpha value is -1.29. The first-order valence-corrected chi connectivity index (χ1v) is 5.63. The molecule has 0 aliphatic carbocycles. The van der Waals surface area contributed by atoms with Crippen LogP contribution in [0, 0.1) is 5.92 Å². The predicted octanol–water partition coefficient (Wildman–Crippen LogP) is 1.93. The fraction of sp³-hybridized carbons (Fsp3) is 0.700. The van der Waals surface area contributed by atoms with Crippen LogP contribution >= 0.6 is 0 Å². The molecule has 0 fully saturated rings. The quantitative estimate of drug-likeness (QED) is 0.496. The molecule has 10 heteroatoms. The molecule has 0 aromatic carbocycles. The third kappa shape index (κ3) is 4.10. The number of aryl methyl sites for hydroxylation is 2. The lowest BCUT2D eigenvalue weighted by Crippen LogP contribution is -2.53. The van der Waals surface area contributed by atoms with Crippen molar-refractivity contribution in [2.75, 3.05) is 0 Å². The summed E-state index contributed by atoms with van der Waals surface area (Å²) in [7, 11) is 1.55. The van der Waals surface area contributed by atoms with Gasteiger partial charge in [-0.25, -0.2) is 0 Å². The molecule has 0 bridgehead atoms. The molecule has 0 saturated carbocycles. The molecule has 1 atom stereocenters. The highest BCUT2D eigenvalue weighted by Crippen LogP contribution is 2.42. The van der Waals surface area contributed by atoms with E-state index < -0.39 is 30.7 Å². The van der Waals surface area contributed by atoms with Gasteiger partial charge in [0.15, 0.2) is 5.92 Å². The molecule has 3 N–H and O–H groups in total. The molecule has 1 aromatic heterocycles. The van der Waals surface area contributed by atoms with E-state index in [4.69, 9.17) is 5.84 Å². The summed E-state index contributed by atoms with van der Waals surface area (Å²) in [6, 6.07) is -0.436. The molecule has 20 heavy (non-hydrogen) atoms. The van der Waals surface area contributed by atoms with E-state index in [1.807, 2.05) is 0 Å². The first-order chi connectivity index (χ1) is 9.07. The van der Waals surface area contributed by atoms with E-state index >= 15 is 0 Å². The summed E-state index contributed by atoms with van der Waals surface area (Å²) in [4.78, 5) is 0. The number of hydrogen-bond donors (Lipinski definition) is 2. The monoisotopic (exact) mass is 304 g/mol. The van der Waals surface area contributed by atoms with E-state index in [0.717, 1.165) is 0 Å². The van der Waals surface area contributed by atoms with Gasteiger partial charge in [0.05, 0.1) is 0 Å². The minimum Gasteiger partial charge on any atom is -0.273 e. The molecule has 1 rings (SSSR count). The average molecular weight is 304 g/mol. The Labute approximate surface area is 110 Å². The molecule has 1 unspecified atom stereocenters. The Kier molecular flexibility index (Phi) is 5.03. The Morgan fingerprint density at radius 2 is 1.80 bits per heavy atom. The number of aromatic nitrogens is 2. The molecule has 0 radical (unpaired) electrons.